The van der Waals surface area contributed by atoms with E-state index < -0.39 is 0 Å². The van der Waals surface area contributed by atoms with Gasteiger partial charge in [-0.2, -0.15) is 0 Å². The van der Waals surface area contributed by atoms with E-state index in [1.165, 1.54) is 0 Å². The van der Waals surface area contributed by atoms with Crippen LogP contribution < -0.4 is 0 Å². The van der Waals surface area contributed by atoms with Gasteiger partial charge < -0.3 is 5.21 Å². The molecular weight excluding hydrogens is 176 g/mol. The van der Waals surface area contributed by atoms with E-state index in [4.69, 9.17) is 5.21 Å². The van der Waals surface area contributed by atoms with Crippen LogP contribution in [0.3, 0.4) is 0 Å². The first kappa shape index (κ1) is 8.94. The number of hydrogen-bond donors (Lipinski definition) is 1. The molecule has 0 spiro atoms. The number of rotatable bonds is 1. The van der Waals surface area contributed by atoms with E-state index in [2.05, 4.69) is 10.1 Å². The molecule has 0 saturated heterocycles. The average Bonchev–Trinajstić information content (AvgIpc) is 2.30. The van der Waals surface area contributed by atoms with E-state index in [-0.39, 0.29) is 0 Å². The van der Waals surface area contributed by atoms with Crippen LogP contribution >= 0.6 is 0 Å². The highest BCUT2D eigenvalue weighted by Crippen LogP contribution is 2.23. The highest BCUT2D eigenvalue weighted by Gasteiger charge is 2.10. The summed E-state index contributed by atoms with van der Waals surface area (Å²) < 4.78 is 0. The Morgan fingerprint density at radius 2 is 2.21 bits per heavy atom. The number of nitrogens with zero attached hydrogens (tertiary/aromatic N) is 2. The second kappa shape index (κ2) is 4.05. The Morgan fingerprint density at radius 1 is 1.29 bits per heavy atom. The molecule has 1 N–H and O–H groups in total. The van der Waals surface area contributed by atoms with Gasteiger partial charge >= 0.3 is 0 Å². The van der Waals surface area contributed by atoms with Crippen molar-refractivity contribution < 1.29 is 5.21 Å². The summed E-state index contributed by atoms with van der Waals surface area (Å²) in [5, 5.41) is 11.9. The lowest BCUT2D eigenvalue weighted by Gasteiger charge is -2.12. The van der Waals surface area contributed by atoms with Crippen LogP contribution in [0.25, 0.3) is 5.57 Å². The lowest BCUT2D eigenvalue weighted by Crippen LogP contribution is -2.03. The van der Waals surface area contributed by atoms with Gasteiger partial charge in [0.15, 0.2) is 0 Å². The third kappa shape index (κ3) is 1.82. The van der Waals surface area contributed by atoms with Crippen molar-refractivity contribution in [3.8, 4) is 0 Å². The SMILES string of the molecule is O/N=C1/C=C(c2ccccn2)CCC1. The molecule has 14 heavy (non-hydrogen) atoms. The summed E-state index contributed by atoms with van der Waals surface area (Å²) in [4.78, 5) is 4.27. The van der Waals surface area contributed by atoms with E-state index >= 15 is 0 Å². The minimum atomic E-state index is 0.747. The standard InChI is InChI=1S/C11H12N2O/c14-13-10-5-3-4-9(8-10)11-6-1-2-7-12-11/h1-2,6-8,14H,3-5H2/b13-10+. The fourth-order valence-corrected chi connectivity index (χ4v) is 1.64. The van der Waals surface area contributed by atoms with Gasteiger partial charge in [-0.1, -0.05) is 11.2 Å². The van der Waals surface area contributed by atoms with Gasteiger partial charge in [-0.3, -0.25) is 4.98 Å². The van der Waals surface area contributed by atoms with Crippen LogP contribution in [0.2, 0.25) is 0 Å². The molecule has 0 saturated carbocycles. The molecule has 1 aliphatic rings. The normalized spacial score (nSPS) is 19.4. The first-order chi connectivity index (χ1) is 6.90. The van der Waals surface area contributed by atoms with Crippen molar-refractivity contribution in [2.75, 3.05) is 0 Å². The van der Waals surface area contributed by atoms with Gasteiger partial charge in [0, 0.05) is 6.20 Å². The zero-order valence-electron chi connectivity index (χ0n) is 7.85. The Morgan fingerprint density at radius 3 is 2.93 bits per heavy atom. The molecule has 0 unspecified atom stereocenters. The largest absolute Gasteiger partial charge is 0.411 e. The van der Waals surface area contributed by atoms with E-state index in [0.29, 0.717) is 0 Å². The minimum Gasteiger partial charge on any atom is -0.411 e. The van der Waals surface area contributed by atoms with Crippen LogP contribution in [0, 0.1) is 0 Å². The van der Waals surface area contributed by atoms with Crippen molar-refractivity contribution in [1.29, 1.82) is 0 Å². The minimum absolute atomic E-state index is 0.747. The molecule has 0 radical (unpaired) electrons. The molecule has 0 atom stereocenters. The van der Waals surface area contributed by atoms with E-state index in [1.54, 1.807) is 6.20 Å². The smallest absolute Gasteiger partial charge is 0.0799 e. The number of pyridine rings is 1. The quantitative estimate of drug-likeness (QED) is 0.543. The number of allylic oxidation sites excluding steroid dienone is 2. The van der Waals surface area contributed by atoms with Crippen LogP contribution in [-0.2, 0) is 0 Å². The molecule has 0 aliphatic heterocycles. The fourth-order valence-electron chi connectivity index (χ4n) is 1.64. The van der Waals surface area contributed by atoms with Crippen LogP contribution in [0.1, 0.15) is 25.0 Å². The van der Waals surface area contributed by atoms with Gasteiger partial charge in [0.2, 0.25) is 0 Å². The van der Waals surface area contributed by atoms with Gasteiger partial charge in [-0.05, 0) is 43.0 Å². The molecule has 72 valence electrons. The summed E-state index contributed by atoms with van der Waals surface area (Å²) in [6.45, 7) is 0. The van der Waals surface area contributed by atoms with E-state index in [9.17, 15) is 0 Å². The summed E-state index contributed by atoms with van der Waals surface area (Å²) >= 11 is 0. The first-order valence-electron chi connectivity index (χ1n) is 4.73. The summed E-state index contributed by atoms with van der Waals surface area (Å²) in [6, 6.07) is 5.84. The molecule has 1 aromatic heterocycles. The lowest BCUT2D eigenvalue weighted by molar-refractivity contribution is 0.318. The van der Waals surface area contributed by atoms with Gasteiger partial charge in [0.05, 0.1) is 11.4 Å². The highest BCUT2D eigenvalue weighted by atomic mass is 16.4. The van der Waals surface area contributed by atoms with Gasteiger partial charge in [0.25, 0.3) is 0 Å². The van der Waals surface area contributed by atoms with Gasteiger partial charge in [-0.15, -0.1) is 0 Å². The van der Waals surface area contributed by atoms with E-state index in [1.807, 2.05) is 24.3 Å². The lowest BCUT2D eigenvalue weighted by atomic mass is 9.95. The molecule has 2 rings (SSSR count). The Bertz CT molecular complexity index is 368. The molecule has 3 nitrogen and oxygen atoms in total. The molecule has 0 fully saturated rings. The average molecular weight is 188 g/mol. The van der Waals surface area contributed by atoms with Crippen LogP contribution in [0.15, 0.2) is 35.6 Å². The highest BCUT2D eigenvalue weighted by molar-refractivity contribution is 6.01. The van der Waals surface area contributed by atoms with Crippen LogP contribution in [-0.4, -0.2) is 15.9 Å². The van der Waals surface area contributed by atoms with Crippen molar-refractivity contribution in [2.45, 2.75) is 19.3 Å². The maximum Gasteiger partial charge on any atom is 0.0799 e. The van der Waals surface area contributed by atoms with Crippen molar-refractivity contribution in [1.82, 2.24) is 4.98 Å². The Balaban J connectivity index is 2.31. The molecule has 1 aliphatic carbocycles. The zero-order chi connectivity index (χ0) is 9.80. The molecule has 0 amide bonds. The predicted molar refractivity (Wildman–Crippen MR) is 55.3 cm³/mol. The van der Waals surface area contributed by atoms with Crippen molar-refractivity contribution in [3.05, 3.63) is 36.2 Å². The second-order valence-corrected chi connectivity index (χ2v) is 3.33. The number of hydrogen-bond acceptors (Lipinski definition) is 3. The van der Waals surface area contributed by atoms with Gasteiger partial charge in [0.1, 0.15) is 0 Å². The van der Waals surface area contributed by atoms with Crippen molar-refractivity contribution in [2.24, 2.45) is 5.16 Å². The third-order valence-electron chi connectivity index (χ3n) is 2.34. The molecular formula is C11H12N2O. The summed E-state index contributed by atoms with van der Waals surface area (Å²) in [5.41, 5.74) is 2.88. The topological polar surface area (TPSA) is 45.5 Å². The maximum absolute atomic E-state index is 8.68. The molecule has 3 heteroatoms. The van der Waals surface area contributed by atoms with Crippen LogP contribution in [0.5, 0.6) is 0 Å². The number of oxime groups is 1. The molecule has 0 aromatic carbocycles. The van der Waals surface area contributed by atoms with Crippen LogP contribution in [0.4, 0.5) is 0 Å². The Hall–Kier alpha value is -1.64. The molecule has 1 heterocycles. The Labute approximate surface area is 82.8 Å². The molecule has 0 bridgehead atoms. The number of aromatic nitrogens is 1. The third-order valence-corrected chi connectivity index (χ3v) is 2.34. The summed E-state index contributed by atoms with van der Waals surface area (Å²) in [7, 11) is 0. The summed E-state index contributed by atoms with van der Waals surface area (Å²) in [5.74, 6) is 0. The zero-order valence-corrected chi connectivity index (χ0v) is 7.85. The molecule has 1 aromatic rings. The first-order valence-corrected chi connectivity index (χ1v) is 4.73. The van der Waals surface area contributed by atoms with Crippen molar-refractivity contribution in [3.63, 3.8) is 0 Å². The monoisotopic (exact) mass is 188 g/mol. The maximum atomic E-state index is 8.68. The predicted octanol–water partition coefficient (Wildman–Crippen LogP) is 2.48. The summed E-state index contributed by atoms with van der Waals surface area (Å²) in [6.07, 6.45) is 6.59. The van der Waals surface area contributed by atoms with Crippen molar-refractivity contribution >= 4 is 11.3 Å². The Kier molecular flexibility index (Phi) is 2.58. The second-order valence-electron chi connectivity index (χ2n) is 3.33. The van der Waals surface area contributed by atoms with Gasteiger partial charge in [-0.25, -0.2) is 0 Å². The van der Waals surface area contributed by atoms with E-state index in [0.717, 1.165) is 36.2 Å². The fraction of sp³-hybridized carbons (Fsp3) is 0.273.